The van der Waals surface area contributed by atoms with Crippen LogP contribution in [-0.2, 0) is 4.74 Å². The van der Waals surface area contributed by atoms with Gasteiger partial charge >= 0.3 is 0 Å². The number of anilines is 2. The fourth-order valence-electron chi connectivity index (χ4n) is 3.19. The van der Waals surface area contributed by atoms with Crippen molar-refractivity contribution in [2.45, 2.75) is 13.0 Å². The highest BCUT2D eigenvalue weighted by atomic mass is 19.1. The van der Waals surface area contributed by atoms with Crippen LogP contribution in [0.5, 0.6) is 0 Å². The van der Waals surface area contributed by atoms with Crippen LogP contribution >= 0.6 is 0 Å². The Bertz CT molecular complexity index is 973. The molecule has 0 saturated carbocycles. The van der Waals surface area contributed by atoms with Crippen molar-refractivity contribution in [3.05, 3.63) is 53.4 Å². The van der Waals surface area contributed by atoms with Gasteiger partial charge in [0.1, 0.15) is 18.0 Å². The Morgan fingerprint density at radius 2 is 2.14 bits per heavy atom. The lowest BCUT2D eigenvalue weighted by Crippen LogP contribution is -2.41. The number of aliphatic imine (C=N–C) groups is 1. The summed E-state index contributed by atoms with van der Waals surface area (Å²) >= 11 is 0. The number of nitrogens with zero attached hydrogens (tertiary/aromatic N) is 4. The predicted molar refractivity (Wildman–Crippen MR) is 113 cm³/mol. The van der Waals surface area contributed by atoms with Gasteiger partial charge in [0.2, 0.25) is 0 Å². The van der Waals surface area contributed by atoms with Gasteiger partial charge in [-0.05, 0) is 19.1 Å². The Labute approximate surface area is 168 Å². The molecule has 1 atom stereocenters. The van der Waals surface area contributed by atoms with Crippen molar-refractivity contribution in [2.24, 2.45) is 10.7 Å². The molecular formula is C20H24FN7O. The maximum absolute atomic E-state index is 14.4. The topological polar surface area (TPSA) is 126 Å². The number of nitrogen functional groups attached to an aromatic ring is 1. The highest BCUT2D eigenvalue weighted by Gasteiger charge is 2.20. The van der Waals surface area contributed by atoms with Gasteiger partial charge in [-0.1, -0.05) is 0 Å². The van der Waals surface area contributed by atoms with E-state index in [2.05, 4.69) is 19.9 Å². The van der Waals surface area contributed by atoms with E-state index in [1.807, 2.05) is 6.92 Å². The van der Waals surface area contributed by atoms with Crippen LogP contribution in [0.25, 0.3) is 5.57 Å². The molecule has 0 spiro atoms. The van der Waals surface area contributed by atoms with E-state index in [1.54, 1.807) is 13.1 Å². The maximum atomic E-state index is 14.4. The molecule has 5 N–H and O–H groups in total. The first-order valence-electron chi connectivity index (χ1n) is 9.16. The first-order valence-corrected chi connectivity index (χ1v) is 9.16. The first-order chi connectivity index (χ1) is 13.9. The number of nitrogens with two attached hydrogens (primary N) is 2. The average molecular weight is 397 g/mol. The number of rotatable bonds is 5. The molecule has 1 saturated heterocycles. The molecule has 2 aromatic rings. The second-order valence-corrected chi connectivity index (χ2v) is 6.69. The lowest BCUT2D eigenvalue weighted by molar-refractivity contribution is 0.0529. The van der Waals surface area contributed by atoms with Crippen LogP contribution < -0.4 is 16.4 Å². The zero-order valence-corrected chi connectivity index (χ0v) is 16.4. The van der Waals surface area contributed by atoms with Crippen LogP contribution in [-0.4, -0.2) is 54.7 Å². The van der Waals surface area contributed by atoms with Crippen LogP contribution in [0.4, 0.5) is 15.9 Å². The quantitative estimate of drug-likeness (QED) is 0.522. The van der Waals surface area contributed by atoms with Gasteiger partial charge in [0.05, 0.1) is 24.1 Å². The van der Waals surface area contributed by atoms with E-state index in [9.17, 15) is 4.39 Å². The fourth-order valence-corrected chi connectivity index (χ4v) is 3.19. The minimum atomic E-state index is -0.540. The lowest BCUT2D eigenvalue weighted by atomic mass is 9.98. The number of morpholine rings is 1. The Hall–Kier alpha value is -3.33. The van der Waals surface area contributed by atoms with E-state index in [-0.39, 0.29) is 23.1 Å². The van der Waals surface area contributed by atoms with Crippen molar-refractivity contribution >= 4 is 29.0 Å². The number of halogens is 1. The Morgan fingerprint density at radius 1 is 1.34 bits per heavy atom. The van der Waals surface area contributed by atoms with E-state index < -0.39 is 5.82 Å². The van der Waals surface area contributed by atoms with Crippen LogP contribution in [0.1, 0.15) is 23.7 Å². The van der Waals surface area contributed by atoms with E-state index >= 15 is 0 Å². The molecule has 1 aliphatic heterocycles. The molecule has 0 aliphatic carbocycles. The van der Waals surface area contributed by atoms with Crippen molar-refractivity contribution in [3.8, 4) is 0 Å². The van der Waals surface area contributed by atoms with Crippen molar-refractivity contribution in [1.29, 1.82) is 5.41 Å². The molecule has 9 heteroatoms. The smallest absolute Gasteiger partial charge is 0.133 e. The Kier molecular flexibility index (Phi) is 6.18. The van der Waals surface area contributed by atoms with E-state index in [0.29, 0.717) is 42.3 Å². The summed E-state index contributed by atoms with van der Waals surface area (Å²) < 4.78 is 20.0. The summed E-state index contributed by atoms with van der Waals surface area (Å²) in [6.45, 7) is 4.02. The Morgan fingerprint density at radius 3 is 2.83 bits per heavy atom. The average Bonchev–Trinajstić information content (AvgIpc) is 2.72. The van der Waals surface area contributed by atoms with Gasteiger partial charge in [0, 0.05) is 61.0 Å². The van der Waals surface area contributed by atoms with Crippen molar-refractivity contribution in [1.82, 2.24) is 9.97 Å². The van der Waals surface area contributed by atoms with Crippen molar-refractivity contribution < 1.29 is 9.13 Å². The molecule has 2 heterocycles. The summed E-state index contributed by atoms with van der Waals surface area (Å²) in [5.74, 6) is 0.165. The standard InChI is InChI=1S/C20H24FN7O/c1-12-10-28(3-4-29-12)19-7-18(26-11-27-19)20(24)15-5-14(13(8-22)9-25-2)16(21)6-17(15)23/h5-9,11-12,24H,3-4,10,22-23H2,1-2H3/t12-/m0/s1. The molecule has 0 unspecified atom stereocenters. The maximum Gasteiger partial charge on any atom is 0.133 e. The minimum Gasteiger partial charge on any atom is -0.404 e. The largest absolute Gasteiger partial charge is 0.404 e. The van der Waals surface area contributed by atoms with Gasteiger partial charge in [0.25, 0.3) is 0 Å². The lowest BCUT2D eigenvalue weighted by Gasteiger charge is -2.32. The first kappa shape index (κ1) is 20.4. The van der Waals surface area contributed by atoms with Crippen LogP contribution in [0.2, 0.25) is 0 Å². The second kappa shape index (κ2) is 8.78. The number of hydrogen-bond acceptors (Lipinski definition) is 8. The van der Waals surface area contributed by atoms with Crippen molar-refractivity contribution in [2.75, 3.05) is 37.4 Å². The Balaban J connectivity index is 1.97. The van der Waals surface area contributed by atoms with E-state index in [4.69, 9.17) is 21.6 Å². The third-order valence-corrected chi connectivity index (χ3v) is 4.64. The molecule has 1 fully saturated rings. The summed E-state index contributed by atoms with van der Waals surface area (Å²) in [5, 5.41) is 8.61. The molecule has 0 radical (unpaired) electrons. The van der Waals surface area contributed by atoms with Crippen LogP contribution in [0.15, 0.2) is 35.7 Å². The van der Waals surface area contributed by atoms with Crippen LogP contribution in [0.3, 0.4) is 0 Å². The molecule has 29 heavy (non-hydrogen) atoms. The molecule has 1 aliphatic rings. The highest BCUT2D eigenvalue weighted by molar-refractivity contribution is 6.15. The number of nitrogens with one attached hydrogen (secondary N) is 1. The van der Waals surface area contributed by atoms with Gasteiger partial charge in [-0.2, -0.15) is 0 Å². The third-order valence-electron chi connectivity index (χ3n) is 4.64. The van der Waals surface area contributed by atoms with Gasteiger partial charge < -0.3 is 21.1 Å². The third kappa shape index (κ3) is 4.40. The summed E-state index contributed by atoms with van der Waals surface area (Å²) in [5.41, 5.74) is 13.2. The highest BCUT2D eigenvalue weighted by Crippen LogP contribution is 2.25. The zero-order chi connectivity index (χ0) is 21.0. The van der Waals surface area contributed by atoms with Gasteiger partial charge in [-0.3, -0.25) is 10.4 Å². The molecule has 1 aromatic heterocycles. The number of hydrogen-bond donors (Lipinski definition) is 3. The number of ether oxygens (including phenoxy) is 1. The molecular weight excluding hydrogens is 373 g/mol. The monoisotopic (exact) mass is 397 g/mol. The molecule has 152 valence electrons. The van der Waals surface area contributed by atoms with Gasteiger partial charge in [-0.25, -0.2) is 14.4 Å². The summed E-state index contributed by atoms with van der Waals surface area (Å²) in [6, 6.07) is 4.40. The molecule has 3 rings (SSSR count). The minimum absolute atomic E-state index is 0.0681. The number of benzene rings is 1. The van der Waals surface area contributed by atoms with E-state index in [0.717, 1.165) is 0 Å². The molecule has 0 bridgehead atoms. The van der Waals surface area contributed by atoms with Gasteiger partial charge in [0.15, 0.2) is 0 Å². The van der Waals surface area contributed by atoms with Gasteiger partial charge in [-0.15, -0.1) is 0 Å². The summed E-state index contributed by atoms with van der Waals surface area (Å²) in [4.78, 5) is 14.5. The fraction of sp³-hybridized carbons (Fsp3) is 0.300. The molecule has 8 nitrogen and oxygen atoms in total. The van der Waals surface area contributed by atoms with Crippen LogP contribution in [0, 0.1) is 11.2 Å². The van der Waals surface area contributed by atoms with E-state index in [1.165, 1.54) is 30.9 Å². The van der Waals surface area contributed by atoms with Crippen molar-refractivity contribution in [3.63, 3.8) is 0 Å². The normalized spacial score (nSPS) is 17.7. The molecule has 1 aromatic carbocycles. The summed E-state index contributed by atoms with van der Waals surface area (Å²) in [6.07, 6.45) is 4.22. The molecule has 0 amide bonds. The number of aromatic nitrogens is 2. The zero-order valence-electron chi connectivity index (χ0n) is 16.4. The number of allylic oxidation sites excluding steroid dienone is 1. The predicted octanol–water partition coefficient (Wildman–Crippen LogP) is 1.84. The second-order valence-electron chi connectivity index (χ2n) is 6.69. The summed E-state index contributed by atoms with van der Waals surface area (Å²) in [7, 11) is 1.57. The SMILES string of the molecule is CN=CC(=CN)c1cc(C(=N)c2cc(N3CCO[C@@H](C)C3)ncn2)c(N)cc1F.